The highest BCUT2D eigenvalue weighted by Gasteiger charge is 2.11. The molecule has 1 aromatic rings. The molecule has 1 atom stereocenters. The Morgan fingerprint density at radius 1 is 1.21 bits per heavy atom. The van der Waals surface area contributed by atoms with E-state index >= 15 is 0 Å². The van der Waals surface area contributed by atoms with Crippen LogP contribution in [0.25, 0.3) is 0 Å². The zero-order chi connectivity index (χ0) is 10.7. The number of aryl methyl sites for hydroxylation is 1. The second-order valence-corrected chi connectivity index (χ2v) is 3.25. The SMILES string of the molecule is COc1cc(C(C)O)cc(C)c1OC. The van der Waals surface area contributed by atoms with E-state index in [1.54, 1.807) is 27.2 Å². The van der Waals surface area contributed by atoms with E-state index in [9.17, 15) is 5.11 Å². The molecule has 0 saturated carbocycles. The number of hydrogen-bond donors (Lipinski definition) is 1. The van der Waals surface area contributed by atoms with Gasteiger partial charge in [0.25, 0.3) is 0 Å². The lowest BCUT2D eigenvalue weighted by molar-refractivity contribution is 0.198. The van der Waals surface area contributed by atoms with Crippen LogP contribution in [-0.4, -0.2) is 19.3 Å². The molecule has 0 aliphatic carbocycles. The summed E-state index contributed by atoms with van der Waals surface area (Å²) < 4.78 is 10.4. The molecule has 0 spiro atoms. The Labute approximate surface area is 84.3 Å². The Morgan fingerprint density at radius 3 is 2.29 bits per heavy atom. The van der Waals surface area contributed by atoms with Gasteiger partial charge in [-0.25, -0.2) is 0 Å². The van der Waals surface area contributed by atoms with Gasteiger partial charge in [-0.15, -0.1) is 0 Å². The maximum atomic E-state index is 9.44. The molecule has 3 heteroatoms. The summed E-state index contributed by atoms with van der Waals surface area (Å²) in [5.74, 6) is 1.38. The molecule has 1 rings (SSSR count). The van der Waals surface area contributed by atoms with E-state index in [-0.39, 0.29) is 0 Å². The topological polar surface area (TPSA) is 38.7 Å². The Kier molecular flexibility index (Phi) is 3.36. The quantitative estimate of drug-likeness (QED) is 0.804. The van der Waals surface area contributed by atoms with Crippen LogP contribution in [0, 0.1) is 6.92 Å². The molecule has 0 aliphatic rings. The van der Waals surface area contributed by atoms with Crippen LogP contribution >= 0.6 is 0 Å². The maximum Gasteiger partial charge on any atom is 0.163 e. The lowest BCUT2D eigenvalue weighted by Crippen LogP contribution is -1.98. The first-order valence-corrected chi connectivity index (χ1v) is 4.50. The van der Waals surface area contributed by atoms with Gasteiger partial charge in [-0.05, 0) is 37.1 Å². The Bertz CT molecular complexity index is 319. The summed E-state index contributed by atoms with van der Waals surface area (Å²) in [5.41, 5.74) is 1.79. The van der Waals surface area contributed by atoms with Crippen LogP contribution in [0.4, 0.5) is 0 Å². The van der Waals surface area contributed by atoms with Crippen molar-refractivity contribution >= 4 is 0 Å². The highest BCUT2D eigenvalue weighted by atomic mass is 16.5. The van der Waals surface area contributed by atoms with Crippen molar-refractivity contribution in [3.05, 3.63) is 23.3 Å². The number of ether oxygens (including phenoxy) is 2. The summed E-state index contributed by atoms with van der Waals surface area (Å²) in [6, 6.07) is 3.68. The van der Waals surface area contributed by atoms with Crippen molar-refractivity contribution in [1.82, 2.24) is 0 Å². The number of aliphatic hydroxyl groups is 1. The number of rotatable bonds is 3. The minimum Gasteiger partial charge on any atom is -0.493 e. The lowest BCUT2D eigenvalue weighted by atomic mass is 10.1. The third-order valence-electron chi connectivity index (χ3n) is 2.17. The first-order valence-electron chi connectivity index (χ1n) is 4.50. The molecular formula is C11H16O3. The van der Waals surface area contributed by atoms with Crippen molar-refractivity contribution in [3.8, 4) is 11.5 Å². The summed E-state index contributed by atoms with van der Waals surface area (Å²) >= 11 is 0. The third-order valence-corrected chi connectivity index (χ3v) is 2.17. The van der Waals surface area contributed by atoms with Crippen LogP contribution in [0.3, 0.4) is 0 Å². The van der Waals surface area contributed by atoms with Gasteiger partial charge in [-0.1, -0.05) is 0 Å². The maximum absolute atomic E-state index is 9.44. The van der Waals surface area contributed by atoms with Crippen molar-refractivity contribution in [3.63, 3.8) is 0 Å². The fourth-order valence-electron chi connectivity index (χ4n) is 1.42. The summed E-state index contributed by atoms with van der Waals surface area (Å²) in [7, 11) is 3.19. The van der Waals surface area contributed by atoms with Crippen LogP contribution in [0.15, 0.2) is 12.1 Å². The predicted molar refractivity (Wildman–Crippen MR) is 54.9 cm³/mol. The van der Waals surface area contributed by atoms with Gasteiger partial charge in [0.15, 0.2) is 11.5 Å². The van der Waals surface area contributed by atoms with Crippen molar-refractivity contribution in [2.24, 2.45) is 0 Å². The van der Waals surface area contributed by atoms with Gasteiger partial charge in [-0.2, -0.15) is 0 Å². The molecular weight excluding hydrogens is 180 g/mol. The van der Waals surface area contributed by atoms with Crippen LogP contribution in [0.5, 0.6) is 11.5 Å². The highest BCUT2D eigenvalue weighted by Crippen LogP contribution is 2.33. The van der Waals surface area contributed by atoms with Gasteiger partial charge in [0.05, 0.1) is 20.3 Å². The summed E-state index contributed by atoms with van der Waals surface area (Å²) in [6.07, 6.45) is -0.492. The average molecular weight is 196 g/mol. The number of benzene rings is 1. The van der Waals surface area contributed by atoms with Crippen LogP contribution in [0.1, 0.15) is 24.2 Å². The minimum atomic E-state index is -0.492. The standard InChI is InChI=1S/C11H16O3/c1-7-5-9(8(2)12)6-10(13-3)11(7)14-4/h5-6,8,12H,1-4H3. The molecule has 0 radical (unpaired) electrons. The molecule has 0 bridgehead atoms. The second-order valence-electron chi connectivity index (χ2n) is 3.25. The van der Waals surface area contributed by atoms with Crippen molar-refractivity contribution in [2.75, 3.05) is 14.2 Å². The zero-order valence-corrected chi connectivity index (χ0v) is 9.00. The van der Waals surface area contributed by atoms with Gasteiger partial charge in [0.1, 0.15) is 0 Å². The van der Waals surface area contributed by atoms with Crippen LogP contribution < -0.4 is 9.47 Å². The molecule has 78 valence electrons. The Hall–Kier alpha value is -1.22. The van der Waals surface area contributed by atoms with Gasteiger partial charge < -0.3 is 14.6 Å². The summed E-state index contributed by atoms with van der Waals surface area (Å²) in [4.78, 5) is 0. The van der Waals surface area contributed by atoms with Gasteiger partial charge in [0, 0.05) is 0 Å². The van der Waals surface area contributed by atoms with E-state index in [2.05, 4.69) is 0 Å². The molecule has 0 fully saturated rings. The third kappa shape index (κ3) is 1.99. The number of methoxy groups -OCH3 is 2. The van der Waals surface area contributed by atoms with Crippen molar-refractivity contribution in [2.45, 2.75) is 20.0 Å². The molecule has 0 saturated heterocycles. The van der Waals surface area contributed by atoms with Crippen molar-refractivity contribution in [1.29, 1.82) is 0 Å². The predicted octanol–water partition coefficient (Wildman–Crippen LogP) is 2.07. The fraction of sp³-hybridized carbons (Fsp3) is 0.455. The van der Waals surface area contributed by atoms with Gasteiger partial charge in [-0.3, -0.25) is 0 Å². The summed E-state index contributed by atoms with van der Waals surface area (Å²) in [5, 5.41) is 9.44. The minimum absolute atomic E-state index is 0.492. The fourth-order valence-corrected chi connectivity index (χ4v) is 1.42. The van der Waals surface area contributed by atoms with Crippen LogP contribution in [0.2, 0.25) is 0 Å². The van der Waals surface area contributed by atoms with E-state index in [0.29, 0.717) is 5.75 Å². The van der Waals surface area contributed by atoms with E-state index < -0.39 is 6.10 Å². The first kappa shape index (κ1) is 10.9. The van der Waals surface area contributed by atoms with Gasteiger partial charge >= 0.3 is 0 Å². The smallest absolute Gasteiger partial charge is 0.163 e. The van der Waals surface area contributed by atoms with E-state index in [1.807, 2.05) is 13.0 Å². The first-order chi connectivity index (χ1) is 6.60. The molecule has 1 N–H and O–H groups in total. The lowest BCUT2D eigenvalue weighted by Gasteiger charge is -2.13. The molecule has 14 heavy (non-hydrogen) atoms. The highest BCUT2D eigenvalue weighted by molar-refractivity contribution is 5.49. The molecule has 0 aliphatic heterocycles. The molecule has 3 nitrogen and oxygen atoms in total. The monoisotopic (exact) mass is 196 g/mol. The summed E-state index contributed by atoms with van der Waals surface area (Å²) in [6.45, 7) is 3.65. The molecule has 1 aromatic carbocycles. The number of hydrogen-bond acceptors (Lipinski definition) is 3. The average Bonchev–Trinajstić information content (AvgIpc) is 2.16. The Morgan fingerprint density at radius 2 is 1.86 bits per heavy atom. The molecule has 0 amide bonds. The second kappa shape index (κ2) is 4.33. The van der Waals surface area contributed by atoms with E-state index in [0.717, 1.165) is 16.9 Å². The van der Waals surface area contributed by atoms with Crippen LogP contribution in [-0.2, 0) is 0 Å². The van der Waals surface area contributed by atoms with Crippen molar-refractivity contribution < 1.29 is 14.6 Å². The molecule has 0 heterocycles. The van der Waals surface area contributed by atoms with Gasteiger partial charge in [0.2, 0.25) is 0 Å². The molecule has 0 aromatic heterocycles. The molecule has 1 unspecified atom stereocenters. The zero-order valence-electron chi connectivity index (χ0n) is 9.00. The number of aliphatic hydroxyl groups excluding tert-OH is 1. The normalized spacial score (nSPS) is 12.4. The largest absolute Gasteiger partial charge is 0.493 e. The van der Waals surface area contributed by atoms with E-state index in [1.165, 1.54) is 0 Å². The Balaban J connectivity index is 3.24. The van der Waals surface area contributed by atoms with E-state index in [4.69, 9.17) is 9.47 Å².